The van der Waals surface area contributed by atoms with E-state index in [2.05, 4.69) is 26.4 Å². The van der Waals surface area contributed by atoms with E-state index in [0.29, 0.717) is 24.3 Å². The molecule has 19 nitrogen and oxygen atoms in total. The summed E-state index contributed by atoms with van der Waals surface area (Å²) in [5.74, 6) is -3.81. The van der Waals surface area contributed by atoms with Crippen LogP contribution in [0, 0.1) is 0 Å². The second kappa shape index (κ2) is 18.4. The molecule has 8 amide bonds. The molecular weight excluding hydrogens is 807 g/mol. The van der Waals surface area contributed by atoms with Gasteiger partial charge < -0.3 is 40.0 Å². The first-order valence-corrected chi connectivity index (χ1v) is 19.9. The van der Waals surface area contributed by atoms with Gasteiger partial charge in [0.1, 0.15) is 23.3 Å². The third-order valence-electron chi connectivity index (χ3n) is 10.6. The molecule has 0 bridgehead atoms. The van der Waals surface area contributed by atoms with Crippen LogP contribution in [-0.2, 0) is 25.6 Å². The fraction of sp³-hybridized carbons (Fsp3) is 0.326. The summed E-state index contributed by atoms with van der Waals surface area (Å²) >= 11 is 0. The molecule has 0 saturated carbocycles. The number of rotatable bonds is 16. The molecule has 5 N–H and O–H groups in total. The van der Waals surface area contributed by atoms with E-state index in [1.165, 1.54) is 41.3 Å². The van der Waals surface area contributed by atoms with Gasteiger partial charge in [-0.05, 0) is 73.2 Å². The number of piperidine rings is 1. The SMILES string of the molecule is CN(C)C(=O)c1ccc(-c2cc(C(=O)NCC3CCc4ccc(OCC(=O)NCCCNC(=O)COc5cccc6c5C(=O)N(C5CCC(=O)NC5=O)C6=O)cc43)no2)cc1O. The monoisotopic (exact) mass is 849 g/mol. The number of carbonyl (C=O) groups excluding carboxylic acids is 8. The van der Waals surface area contributed by atoms with Crippen molar-refractivity contribution in [3.8, 4) is 28.6 Å². The largest absolute Gasteiger partial charge is 0.507 e. The van der Waals surface area contributed by atoms with Gasteiger partial charge in [-0.3, -0.25) is 48.6 Å². The first kappa shape index (κ1) is 42.6. The standard InChI is InChI=1S/C43H43N7O12/c1-49(2)41(57)27-12-10-24(17-32(27)51)34-19-30(48-62-34)39(55)46-20-25-8-7-23-9-11-26(18-29(23)25)60-21-36(53)44-15-4-16-45-37(54)22-61-33-6-3-5-28-38(33)43(59)50(42(28)58)31-13-14-35(52)47-40(31)56/h3,5-6,9-12,17-19,25,31,51H,4,7-8,13-16,20-22H2,1-2H3,(H,44,53)(H,45,54)(H,46,55)(H,47,52,56). The van der Waals surface area contributed by atoms with E-state index >= 15 is 0 Å². The van der Waals surface area contributed by atoms with Crippen LogP contribution in [0.3, 0.4) is 0 Å². The number of aromatic nitrogens is 1. The van der Waals surface area contributed by atoms with Crippen LogP contribution >= 0.6 is 0 Å². The lowest BCUT2D eigenvalue weighted by Gasteiger charge is -2.27. The Kier molecular flexibility index (Phi) is 12.6. The minimum atomic E-state index is -1.13. The number of imide groups is 2. The van der Waals surface area contributed by atoms with E-state index < -0.39 is 48.1 Å². The summed E-state index contributed by atoms with van der Waals surface area (Å²) in [5, 5.41) is 24.7. The van der Waals surface area contributed by atoms with Crippen molar-refractivity contribution < 1.29 is 57.5 Å². The molecule has 62 heavy (non-hydrogen) atoms. The Morgan fingerprint density at radius 1 is 0.887 bits per heavy atom. The van der Waals surface area contributed by atoms with Crippen molar-refractivity contribution in [1.82, 2.24) is 36.2 Å². The number of phenols is 1. The number of hydrogen-bond acceptors (Lipinski definition) is 13. The van der Waals surface area contributed by atoms with Crippen LogP contribution in [0.1, 0.15) is 84.3 Å². The highest BCUT2D eigenvalue weighted by molar-refractivity contribution is 6.24. The molecule has 1 aromatic heterocycles. The number of ether oxygens (including phenoxy) is 2. The predicted molar refractivity (Wildman–Crippen MR) is 216 cm³/mol. The second-order valence-corrected chi connectivity index (χ2v) is 15.1. The molecule has 1 aliphatic carbocycles. The minimum absolute atomic E-state index is 0.00462. The van der Waals surface area contributed by atoms with E-state index in [1.54, 1.807) is 26.2 Å². The lowest BCUT2D eigenvalue weighted by Crippen LogP contribution is -2.54. The molecule has 3 heterocycles. The summed E-state index contributed by atoms with van der Waals surface area (Å²) in [5.41, 5.74) is 2.71. The number of fused-ring (bicyclic) bond motifs is 2. The van der Waals surface area contributed by atoms with Crippen LogP contribution in [-0.4, -0.2) is 120 Å². The van der Waals surface area contributed by atoms with Crippen molar-refractivity contribution in [1.29, 1.82) is 0 Å². The first-order valence-electron chi connectivity index (χ1n) is 19.9. The number of phenolic OH excluding ortho intramolecular Hbond substituents is 1. The molecule has 2 unspecified atom stereocenters. The number of amides is 8. The maximum Gasteiger partial charge on any atom is 0.273 e. The summed E-state index contributed by atoms with van der Waals surface area (Å²) in [7, 11) is 3.16. The number of benzene rings is 3. The summed E-state index contributed by atoms with van der Waals surface area (Å²) < 4.78 is 16.7. The Hall–Kier alpha value is -7.57. The van der Waals surface area contributed by atoms with E-state index in [9.17, 15) is 43.5 Å². The van der Waals surface area contributed by atoms with Gasteiger partial charge >= 0.3 is 0 Å². The molecule has 1 fully saturated rings. The summed E-state index contributed by atoms with van der Waals surface area (Å²) in [4.78, 5) is 103. The molecule has 2 aliphatic heterocycles. The first-order chi connectivity index (χ1) is 29.8. The van der Waals surface area contributed by atoms with E-state index in [1.807, 2.05) is 12.1 Å². The van der Waals surface area contributed by atoms with E-state index in [4.69, 9.17) is 14.0 Å². The van der Waals surface area contributed by atoms with Crippen LogP contribution in [0.25, 0.3) is 11.3 Å². The molecule has 7 rings (SSSR count). The zero-order valence-corrected chi connectivity index (χ0v) is 33.8. The van der Waals surface area contributed by atoms with Crippen molar-refractivity contribution in [2.75, 3.05) is 46.9 Å². The fourth-order valence-corrected chi connectivity index (χ4v) is 7.44. The summed E-state index contributed by atoms with van der Waals surface area (Å²) in [6.45, 7) is 0.0659. The van der Waals surface area contributed by atoms with Gasteiger partial charge in [0.05, 0.1) is 16.7 Å². The quantitative estimate of drug-likeness (QED) is 0.0796. The van der Waals surface area contributed by atoms with Gasteiger partial charge in [-0.15, -0.1) is 0 Å². The van der Waals surface area contributed by atoms with Crippen LogP contribution in [0.5, 0.6) is 17.2 Å². The van der Waals surface area contributed by atoms with Gasteiger partial charge in [0.2, 0.25) is 11.8 Å². The van der Waals surface area contributed by atoms with Gasteiger partial charge in [-0.25, -0.2) is 0 Å². The summed E-state index contributed by atoms with van der Waals surface area (Å²) in [6.07, 6.45) is 1.99. The molecule has 3 aromatic carbocycles. The Balaban J connectivity index is 0.807. The number of nitrogens with zero attached hydrogens (tertiary/aromatic N) is 3. The smallest absolute Gasteiger partial charge is 0.273 e. The molecule has 322 valence electrons. The van der Waals surface area contributed by atoms with Crippen LogP contribution in [0.2, 0.25) is 0 Å². The van der Waals surface area contributed by atoms with Crippen molar-refractivity contribution >= 4 is 47.3 Å². The van der Waals surface area contributed by atoms with Gasteiger partial charge in [-0.1, -0.05) is 23.4 Å². The maximum absolute atomic E-state index is 13.2. The van der Waals surface area contributed by atoms with Crippen LogP contribution < -0.4 is 30.7 Å². The van der Waals surface area contributed by atoms with Gasteiger partial charge in [0.25, 0.3) is 35.4 Å². The van der Waals surface area contributed by atoms with Crippen molar-refractivity contribution in [3.05, 3.63) is 94.2 Å². The van der Waals surface area contributed by atoms with Crippen LogP contribution in [0.4, 0.5) is 0 Å². The molecule has 0 spiro atoms. The average molecular weight is 850 g/mol. The lowest BCUT2D eigenvalue weighted by molar-refractivity contribution is -0.136. The zero-order valence-electron chi connectivity index (χ0n) is 33.8. The van der Waals surface area contributed by atoms with Crippen molar-refractivity contribution in [2.45, 2.75) is 44.1 Å². The number of aryl methyl sites for hydroxylation is 1. The number of hydrogen-bond donors (Lipinski definition) is 5. The highest BCUT2D eigenvalue weighted by Gasteiger charge is 2.46. The highest BCUT2D eigenvalue weighted by atomic mass is 16.5. The van der Waals surface area contributed by atoms with E-state index in [0.717, 1.165) is 28.9 Å². The Labute approximate surface area is 354 Å². The maximum atomic E-state index is 13.2. The van der Waals surface area contributed by atoms with Crippen molar-refractivity contribution in [2.24, 2.45) is 0 Å². The Morgan fingerprint density at radius 3 is 2.37 bits per heavy atom. The third-order valence-corrected chi connectivity index (χ3v) is 10.6. The molecule has 2 atom stereocenters. The predicted octanol–water partition coefficient (Wildman–Crippen LogP) is 1.69. The summed E-state index contributed by atoms with van der Waals surface area (Å²) in [6, 6.07) is 14.7. The molecule has 1 saturated heterocycles. The fourth-order valence-electron chi connectivity index (χ4n) is 7.44. The zero-order chi connectivity index (χ0) is 44.1. The number of nitrogens with one attached hydrogen (secondary N) is 4. The van der Waals surface area contributed by atoms with Gasteiger partial charge in [-0.2, -0.15) is 0 Å². The number of aromatic hydroxyl groups is 1. The molecular formula is C43H43N7O12. The second-order valence-electron chi connectivity index (χ2n) is 15.1. The highest BCUT2D eigenvalue weighted by Crippen LogP contribution is 2.36. The molecule has 3 aliphatic rings. The van der Waals surface area contributed by atoms with Gasteiger partial charge in [0, 0.05) is 57.7 Å². The topological polar surface area (TPSA) is 256 Å². The molecule has 19 heteroatoms. The number of carbonyl (C=O) groups is 8. The molecule has 4 aromatic rings. The Morgan fingerprint density at radius 2 is 1.65 bits per heavy atom. The third kappa shape index (κ3) is 9.25. The molecule has 0 radical (unpaired) electrons. The lowest BCUT2D eigenvalue weighted by atomic mass is 10.0. The minimum Gasteiger partial charge on any atom is -0.507 e. The average Bonchev–Trinajstić information content (AvgIpc) is 3.98. The van der Waals surface area contributed by atoms with Gasteiger partial charge in [0.15, 0.2) is 24.7 Å². The van der Waals surface area contributed by atoms with Crippen molar-refractivity contribution in [3.63, 3.8) is 0 Å². The normalized spacial score (nSPS) is 16.6. The van der Waals surface area contributed by atoms with E-state index in [-0.39, 0.29) is 89.9 Å². The van der Waals surface area contributed by atoms with Crippen LogP contribution in [0.15, 0.2) is 65.2 Å². The Bertz CT molecular complexity index is 2480.